The molecule has 0 aliphatic rings. The second-order valence-electron chi connectivity index (χ2n) is 4.29. The van der Waals surface area contributed by atoms with Gasteiger partial charge in [-0.25, -0.2) is 0 Å². The van der Waals surface area contributed by atoms with Crippen LogP contribution in [-0.2, 0) is 0 Å². The topological polar surface area (TPSA) is 66.8 Å². The van der Waals surface area contributed by atoms with Gasteiger partial charge in [0, 0.05) is 6.07 Å². The van der Waals surface area contributed by atoms with Gasteiger partial charge in [0.05, 0.1) is 17.1 Å². The third-order valence-electron chi connectivity index (χ3n) is 2.87. The van der Waals surface area contributed by atoms with Crippen LogP contribution in [0.4, 0.5) is 0 Å². The first kappa shape index (κ1) is 15.1. The Morgan fingerprint density at radius 3 is 2.43 bits per heavy atom. The molecule has 2 N–H and O–H groups in total. The molecule has 0 aliphatic heterocycles. The maximum absolute atomic E-state index is 12.1. The van der Waals surface area contributed by atoms with Crippen LogP contribution >= 0.6 is 15.9 Å². The average molecular weight is 349 g/mol. The molecule has 0 radical (unpaired) electrons. The van der Waals surface area contributed by atoms with Crippen molar-refractivity contribution < 1.29 is 19.7 Å². The molecule has 4 nitrogen and oxygen atoms in total. The van der Waals surface area contributed by atoms with Crippen molar-refractivity contribution in [1.29, 1.82) is 0 Å². The summed E-state index contributed by atoms with van der Waals surface area (Å²) in [6.07, 6.45) is 3.00. The van der Waals surface area contributed by atoms with Gasteiger partial charge in [-0.15, -0.1) is 0 Å². The minimum absolute atomic E-state index is 0.115. The van der Waals surface area contributed by atoms with E-state index in [4.69, 9.17) is 4.74 Å². The Morgan fingerprint density at radius 2 is 1.81 bits per heavy atom. The molecule has 0 aromatic heterocycles. The lowest BCUT2D eigenvalue weighted by molar-refractivity contribution is 0.104. The number of methoxy groups -OCH3 is 1. The number of ether oxygens (including phenoxy) is 1. The van der Waals surface area contributed by atoms with E-state index in [1.165, 1.54) is 12.1 Å². The summed E-state index contributed by atoms with van der Waals surface area (Å²) >= 11 is 3.11. The highest BCUT2D eigenvalue weighted by atomic mass is 79.9. The molecule has 0 saturated heterocycles. The minimum Gasteiger partial charge on any atom is -0.507 e. The zero-order valence-corrected chi connectivity index (χ0v) is 12.8. The molecule has 0 amide bonds. The number of allylic oxidation sites excluding steroid dienone is 1. The third-order valence-corrected chi connectivity index (χ3v) is 3.51. The molecule has 0 saturated carbocycles. The predicted octanol–water partition coefficient (Wildman–Crippen LogP) is 3.77. The van der Waals surface area contributed by atoms with Crippen LogP contribution in [-0.4, -0.2) is 23.1 Å². The fourth-order valence-electron chi connectivity index (χ4n) is 1.72. The van der Waals surface area contributed by atoms with Crippen molar-refractivity contribution in [1.82, 2.24) is 0 Å². The Bertz CT molecular complexity index is 690. The van der Waals surface area contributed by atoms with E-state index in [-0.39, 0.29) is 22.8 Å². The average Bonchev–Trinajstić information content (AvgIpc) is 2.49. The summed E-state index contributed by atoms with van der Waals surface area (Å²) < 4.78 is 5.40. The van der Waals surface area contributed by atoms with Gasteiger partial charge in [0.1, 0.15) is 17.2 Å². The summed E-state index contributed by atoms with van der Waals surface area (Å²) in [5.41, 5.74) is 0.950. The molecular formula is C16H13BrO4. The van der Waals surface area contributed by atoms with Crippen LogP contribution in [0.3, 0.4) is 0 Å². The SMILES string of the molecule is COc1ccc(C=CC(=O)c2cc(Br)c(O)cc2O)cc1. The zero-order chi connectivity index (χ0) is 15.4. The van der Waals surface area contributed by atoms with Crippen LogP contribution in [0.2, 0.25) is 0 Å². The molecule has 0 spiro atoms. The maximum Gasteiger partial charge on any atom is 0.189 e. The van der Waals surface area contributed by atoms with Crippen LogP contribution in [0.5, 0.6) is 17.2 Å². The summed E-state index contributed by atoms with van der Waals surface area (Å²) in [7, 11) is 1.58. The molecule has 21 heavy (non-hydrogen) atoms. The Balaban J connectivity index is 2.20. The summed E-state index contributed by atoms with van der Waals surface area (Å²) in [6.45, 7) is 0. The van der Waals surface area contributed by atoms with Gasteiger partial charge >= 0.3 is 0 Å². The molecule has 0 heterocycles. The summed E-state index contributed by atoms with van der Waals surface area (Å²) in [5, 5.41) is 19.1. The van der Waals surface area contributed by atoms with Gasteiger partial charge in [0.2, 0.25) is 0 Å². The number of carbonyl (C=O) groups is 1. The number of ketones is 1. The molecule has 0 atom stereocenters. The Hall–Kier alpha value is -2.27. The van der Waals surface area contributed by atoms with Gasteiger partial charge in [-0.1, -0.05) is 18.2 Å². The van der Waals surface area contributed by atoms with Crippen LogP contribution in [0.25, 0.3) is 6.08 Å². The quantitative estimate of drug-likeness (QED) is 0.652. The van der Waals surface area contributed by atoms with Gasteiger partial charge in [0.25, 0.3) is 0 Å². The van der Waals surface area contributed by atoms with Crippen molar-refractivity contribution in [2.45, 2.75) is 0 Å². The molecule has 2 aromatic carbocycles. The summed E-state index contributed by atoms with van der Waals surface area (Å²) in [6, 6.07) is 9.71. The van der Waals surface area contributed by atoms with E-state index in [2.05, 4.69) is 15.9 Å². The normalized spacial score (nSPS) is 10.8. The van der Waals surface area contributed by atoms with Gasteiger partial charge in [-0.2, -0.15) is 0 Å². The van der Waals surface area contributed by atoms with E-state index < -0.39 is 0 Å². The zero-order valence-electron chi connectivity index (χ0n) is 11.2. The predicted molar refractivity (Wildman–Crippen MR) is 83.8 cm³/mol. The van der Waals surface area contributed by atoms with Gasteiger partial charge in [0.15, 0.2) is 5.78 Å². The van der Waals surface area contributed by atoms with Crippen molar-refractivity contribution >= 4 is 27.8 Å². The first-order valence-corrected chi connectivity index (χ1v) is 6.88. The molecule has 5 heteroatoms. The largest absolute Gasteiger partial charge is 0.507 e. The smallest absolute Gasteiger partial charge is 0.189 e. The van der Waals surface area contributed by atoms with Gasteiger partial charge in [-0.3, -0.25) is 4.79 Å². The molecule has 2 aromatic rings. The number of carbonyl (C=O) groups excluding carboxylic acids is 1. The van der Waals surface area contributed by atoms with Crippen LogP contribution in [0.15, 0.2) is 46.9 Å². The Labute approximate surface area is 130 Å². The van der Waals surface area contributed by atoms with E-state index in [9.17, 15) is 15.0 Å². The second kappa shape index (κ2) is 6.45. The van der Waals surface area contributed by atoms with E-state index in [0.29, 0.717) is 4.47 Å². The van der Waals surface area contributed by atoms with E-state index in [0.717, 1.165) is 17.4 Å². The third kappa shape index (κ3) is 3.64. The monoisotopic (exact) mass is 348 g/mol. The van der Waals surface area contributed by atoms with Crippen molar-refractivity contribution in [3.05, 3.63) is 58.1 Å². The Morgan fingerprint density at radius 1 is 1.14 bits per heavy atom. The number of rotatable bonds is 4. The number of phenols is 2. The number of phenolic OH excluding ortho intramolecular Hbond substituents is 2. The van der Waals surface area contributed by atoms with Crippen LogP contribution in [0, 0.1) is 0 Å². The molecule has 2 rings (SSSR count). The highest BCUT2D eigenvalue weighted by Gasteiger charge is 2.11. The lowest BCUT2D eigenvalue weighted by Crippen LogP contribution is -1.95. The van der Waals surface area contributed by atoms with Crippen molar-refractivity contribution in [3.8, 4) is 17.2 Å². The first-order chi connectivity index (χ1) is 10.0. The van der Waals surface area contributed by atoms with E-state index in [1.54, 1.807) is 25.3 Å². The number of hydrogen-bond acceptors (Lipinski definition) is 4. The molecule has 0 bridgehead atoms. The molecule has 108 valence electrons. The lowest BCUT2D eigenvalue weighted by atomic mass is 10.1. The number of benzene rings is 2. The highest BCUT2D eigenvalue weighted by molar-refractivity contribution is 9.10. The molecular weight excluding hydrogens is 336 g/mol. The highest BCUT2D eigenvalue weighted by Crippen LogP contribution is 2.31. The fraction of sp³-hybridized carbons (Fsp3) is 0.0625. The minimum atomic E-state index is -0.357. The van der Waals surface area contributed by atoms with Crippen LogP contribution < -0.4 is 4.74 Å². The fourth-order valence-corrected chi connectivity index (χ4v) is 2.07. The van der Waals surface area contributed by atoms with Gasteiger partial charge in [-0.05, 0) is 45.8 Å². The molecule has 0 unspecified atom stereocenters. The standard InChI is InChI=1S/C16H13BrO4/c1-21-11-5-2-10(3-6-11)4-7-14(18)12-8-13(17)16(20)9-15(12)19/h2-9,19-20H,1H3. The second-order valence-corrected chi connectivity index (χ2v) is 5.15. The van der Waals surface area contributed by atoms with Crippen molar-refractivity contribution in [2.75, 3.05) is 7.11 Å². The molecule has 0 aliphatic carbocycles. The summed E-state index contributed by atoms with van der Waals surface area (Å²) in [5.74, 6) is -0.00845. The number of hydrogen-bond donors (Lipinski definition) is 2. The van der Waals surface area contributed by atoms with Crippen molar-refractivity contribution in [3.63, 3.8) is 0 Å². The number of halogens is 1. The van der Waals surface area contributed by atoms with Crippen molar-refractivity contribution in [2.24, 2.45) is 0 Å². The van der Waals surface area contributed by atoms with Crippen LogP contribution in [0.1, 0.15) is 15.9 Å². The Kier molecular flexibility index (Phi) is 4.65. The first-order valence-electron chi connectivity index (χ1n) is 6.09. The molecule has 0 fully saturated rings. The maximum atomic E-state index is 12.1. The van der Waals surface area contributed by atoms with Gasteiger partial charge < -0.3 is 14.9 Å². The van der Waals surface area contributed by atoms with E-state index >= 15 is 0 Å². The summed E-state index contributed by atoms with van der Waals surface area (Å²) in [4.78, 5) is 12.1. The number of aromatic hydroxyl groups is 2. The van der Waals surface area contributed by atoms with E-state index in [1.807, 2.05) is 12.1 Å². The lowest BCUT2D eigenvalue weighted by Gasteiger charge is -2.03.